The normalized spacial score (nSPS) is 23.1. The number of benzene rings is 1. The lowest BCUT2D eigenvalue weighted by Gasteiger charge is -2.36. The van der Waals surface area contributed by atoms with Crippen LogP contribution in [0.2, 0.25) is 0 Å². The number of carbonyl (C=O) groups excluding carboxylic acids is 2. The number of methoxy groups -OCH3 is 1. The Hall–Kier alpha value is -1.86. The molecular weight excluding hydrogens is 385 g/mol. The molecule has 0 saturated carbocycles. The first-order valence-electron chi connectivity index (χ1n) is 9.59. The predicted molar refractivity (Wildman–Crippen MR) is 109 cm³/mol. The Kier molecular flexibility index (Phi) is 7.66. The van der Waals surface area contributed by atoms with Crippen LogP contribution in [0, 0.1) is 17.7 Å². The fourth-order valence-electron chi connectivity index (χ4n) is 3.86. The largest absolute Gasteiger partial charge is 0.492 e. The molecule has 2 fully saturated rings. The van der Waals surface area contributed by atoms with E-state index in [2.05, 4.69) is 9.80 Å². The van der Waals surface area contributed by atoms with Gasteiger partial charge in [0.1, 0.15) is 0 Å². The molecule has 156 valence electrons. The maximum absolute atomic E-state index is 13.9. The number of amides is 2. The highest BCUT2D eigenvalue weighted by Gasteiger charge is 2.41. The quantitative estimate of drug-likeness (QED) is 0.670. The molecule has 0 radical (unpaired) electrons. The molecule has 0 aliphatic carbocycles. The van der Waals surface area contributed by atoms with Crippen LogP contribution in [-0.2, 0) is 9.59 Å². The highest BCUT2D eigenvalue weighted by atomic mass is 35.5. The van der Waals surface area contributed by atoms with Gasteiger partial charge in [-0.2, -0.15) is 0 Å². The number of likely N-dealkylation sites (tertiary alicyclic amines) is 1. The molecule has 2 aliphatic rings. The van der Waals surface area contributed by atoms with E-state index in [-0.39, 0.29) is 41.9 Å². The molecule has 0 aromatic heterocycles. The van der Waals surface area contributed by atoms with Gasteiger partial charge in [0.2, 0.25) is 11.8 Å². The lowest BCUT2D eigenvalue weighted by Crippen LogP contribution is -2.47. The van der Waals surface area contributed by atoms with Crippen LogP contribution in [0.5, 0.6) is 5.75 Å². The summed E-state index contributed by atoms with van der Waals surface area (Å²) >= 11 is 0. The fraction of sp³-hybridized carbons (Fsp3) is 0.600. The van der Waals surface area contributed by atoms with Gasteiger partial charge in [0, 0.05) is 44.6 Å². The number of hydrogen-bond donors (Lipinski definition) is 0. The van der Waals surface area contributed by atoms with Crippen LogP contribution in [0.1, 0.15) is 20.3 Å². The summed E-state index contributed by atoms with van der Waals surface area (Å²) in [5.41, 5.74) is 0.786. The second-order valence-electron chi connectivity index (χ2n) is 7.38. The number of rotatable bonds is 6. The van der Waals surface area contributed by atoms with Crippen LogP contribution in [0.25, 0.3) is 0 Å². The Morgan fingerprint density at radius 1 is 1.04 bits per heavy atom. The molecule has 0 N–H and O–H groups in total. The van der Waals surface area contributed by atoms with E-state index in [1.54, 1.807) is 6.07 Å². The second-order valence-corrected chi connectivity index (χ2v) is 7.38. The van der Waals surface area contributed by atoms with Crippen molar-refractivity contribution in [3.63, 3.8) is 0 Å². The molecule has 6 nitrogen and oxygen atoms in total. The topological polar surface area (TPSA) is 53.1 Å². The summed E-state index contributed by atoms with van der Waals surface area (Å²) in [4.78, 5) is 30.2. The van der Waals surface area contributed by atoms with Crippen molar-refractivity contribution in [1.82, 2.24) is 9.80 Å². The summed E-state index contributed by atoms with van der Waals surface area (Å²) in [7, 11) is 1.49. The number of imide groups is 1. The summed E-state index contributed by atoms with van der Waals surface area (Å²) in [6, 6.07) is 4.98. The zero-order chi connectivity index (χ0) is 19.6. The van der Waals surface area contributed by atoms with Gasteiger partial charge in [-0.3, -0.25) is 19.4 Å². The molecule has 0 bridgehead atoms. The minimum Gasteiger partial charge on any atom is -0.492 e. The van der Waals surface area contributed by atoms with Gasteiger partial charge in [-0.1, -0.05) is 19.9 Å². The number of hydrogen-bond acceptors (Lipinski definition) is 5. The molecule has 2 atom stereocenters. The molecule has 1 aromatic rings. The average Bonchev–Trinajstić information content (AvgIpc) is 2.86. The molecule has 0 spiro atoms. The van der Waals surface area contributed by atoms with E-state index < -0.39 is 0 Å². The van der Waals surface area contributed by atoms with Crippen LogP contribution < -0.4 is 9.64 Å². The minimum atomic E-state index is -0.346. The Labute approximate surface area is 172 Å². The molecule has 28 heavy (non-hydrogen) atoms. The third-order valence-electron chi connectivity index (χ3n) is 5.78. The van der Waals surface area contributed by atoms with Gasteiger partial charge in [-0.15, -0.1) is 12.4 Å². The molecule has 2 unspecified atom stereocenters. The zero-order valence-corrected chi connectivity index (χ0v) is 17.5. The Bertz CT molecular complexity index is 690. The Morgan fingerprint density at radius 2 is 1.64 bits per heavy atom. The van der Waals surface area contributed by atoms with Crippen molar-refractivity contribution < 1.29 is 18.7 Å². The summed E-state index contributed by atoms with van der Waals surface area (Å²) in [6.45, 7) is 8.27. The summed E-state index contributed by atoms with van der Waals surface area (Å²) < 4.78 is 19.1. The SMILES string of the molecule is COc1c(F)cccc1N1CCN(CCCN2C(=O)C(C)C(C)C2=O)CC1.Cl. The van der Waals surface area contributed by atoms with Gasteiger partial charge in [0.05, 0.1) is 12.8 Å². The molecule has 2 aliphatic heterocycles. The molecule has 2 saturated heterocycles. The smallest absolute Gasteiger partial charge is 0.232 e. The lowest BCUT2D eigenvalue weighted by molar-refractivity contribution is -0.139. The van der Waals surface area contributed by atoms with E-state index in [0.717, 1.165) is 44.8 Å². The first-order valence-corrected chi connectivity index (χ1v) is 9.59. The van der Waals surface area contributed by atoms with Crippen molar-refractivity contribution in [2.45, 2.75) is 20.3 Å². The van der Waals surface area contributed by atoms with Crippen molar-refractivity contribution >= 4 is 29.9 Å². The highest BCUT2D eigenvalue weighted by Crippen LogP contribution is 2.31. The molecule has 1 aromatic carbocycles. The van der Waals surface area contributed by atoms with Crippen molar-refractivity contribution in [3.8, 4) is 5.75 Å². The van der Waals surface area contributed by atoms with Gasteiger partial charge in [-0.05, 0) is 25.1 Å². The number of piperazine rings is 1. The maximum atomic E-state index is 13.9. The van der Waals surface area contributed by atoms with Crippen molar-refractivity contribution in [1.29, 1.82) is 0 Å². The number of nitrogens with zero attached hydrogens (tertiary/aromatic N) is 3. The van der Waals surface area contributed by atoms with Crippen LogP contribution in [-0.4, -0.2) is 68.0 Å². The van der Waals surface area contributed by atoms with Crippen molar-refractivity contribution in [2.24, 2.45) is 11.8 Å². The molecular formula is C20H29ClFN3O3. The van der Waals surface area contributed by atoms with Crippen LogP contribution in [0.4, 0.5) is 10.1 Å². The first-order chi connectivity index (χ1) is 12.9. The number of halogens is 2. The monoisotopic (exact) mass is 413 g/mol. The van der Waals surface area contributed by atoms with Gasteiger partial charge >= 0.3 is 0 Å². The number of para-hydroxylation sites is 1. The summed E-state index contributed by atoms with van der Waals surface area (Å²) in [5.74, 6) is -0.559. The maximum Gasteiger partial charge on any atom is 0.232 e. The first kappa shape index (κ1) is 22.4. The van der Waals surface area contributed by atoms with Crippen LogP contribution >= 0.6 is 12.4 Å². The number of carbonyl (C=O) groups is 2. The molecule has 2 amide bonds. The zero-order valence-electron chi connectivity index (χ0n) is 16.7. The van der Waals surface area contributed by atoms with Crippen LogP contribution in [0.15, 0.2) is 18.2 Å². The predicted octanol–water partition coefficient (Wildman–Crippen LogP) is 2.41. The van der Waals surface area contributed by atoms with E-state index in [9.17, 15) is 14.0 Å². The van der Waals surface area contributed by atoms with Gasteiger partial charge in [0.15, 0.2) is 11.6 Å². The third kappa shape index (κ3) is 4.41. The van der Waals surface area contributed by atoms with Gasteiger partial charge in [-0.25, -0.2) is 4.39 Å². The lowest BCUT2D eigenvalue weighted by atomic mass is 10.00. The van der Waals surface area contributed by atoms with Crippen molar-refractivity contribution in [2.75, 3.05) is 51.3 Å². The molecule has 8 heteroatoms. The van der Waals surface area contributed by atoms with E-state index in [0.29, 0.717) is 12.3 Å². The summed E-state index contributed by atoms with van der Waals surface area (Å²) in [5, 5.41) is 0. The van der Waals surface area contributed by atoms with Gasteiger partial charge in [0.25, 0.3) is 0 Å². The standard InChI is InChI=1S/C20H28FN3O3.ClH/c1-14-15(2)20(26)24(19(14)25)9-5-8-22-10-12-23(13-11-22)17-7-4-6-16(21)18(17)27-3;/h4,6-7,14-15H,5,8-13H2,1-3H3;1H. The van der Waals surface area contributed by atoms with Gasteiger partial charge < -0.3 is 9.64 Å². The highest BCUT2D eigenvalue weighted by molar-refractivity contribution is 6.04. The number of ether oxygens (including phenoxy) is 1. The van der Waals surface area contributed by atoms with Crippen molar-refractivity contribution in [3.05, 3.63) is 24.0 Å². The average molecular weight is 414 g/mol. The number of anilines is 1. The third-order valence-corrected chi connectivity index (χ3v) is 5.78. The fourth-order valence-corrected chi connectivity index (χ4v) is 3.86. The summed E-state index contributed by atoms with van der Waals surface area (Å²) in [6.07, 6.45) is 0.778. The Morgan fingerprint density at radius 3 is 2.21 bits per heavy atom. The van der Waals surface area contributed by atoms with Crippen LogP contribution in [0.3, 0.4) is 0 Å². The van der Waals surface area contributed by atoms with E-state index in [4.69, 9.17) is 4.74 Å². The van der Waals surface area contributed by atoms with E-state index in [1.807, 2.05) is 19.9 Å². The molecule has 3 rings (SSSR count). The Balaban J connectivity index is 0.00000280. The van der Waals surface area contributed by atoms with E-state index >= 15 is 0 Å². The second kappa shape index (κ2) is 9.56. The van der Waals surface area contributed by atoms with E-state index in [1.165, 1.54) is 18.1 Å². The molecule has 2 heterocycles. The minimum absolute atomic E-state index is 0.